The second kappa shape index (κ2) is 6.16. The first-order chi connectivity index (χ1) is 11.5. The standard InChI is InChI=1S/C18H18N4O2/c1-12-4-7-14(8-5-12)17(23)20-19-11-13-6-9-15-16(10-13)22(3)18(24)21(15)2/h4-11H,1-3H3,(H,20,23)/b19-11-. The summed E-state index contributed by atoms with van der Waals surface area (Å²) in [5.74, 6) is -0.264. The zero-order chi connectivity index (χ0) is 17.3. The fraction of sp³-hybridized carbons (Fsp3) is 0.167. The fourth-order valence-electron chi connectivity index (χ4n) is 2.54. The fourth-order valence-corrected chi connectivity index (χ4v) is 2.54. The molecule has 0 aliphatic carbocycles. The zero-order valence-electron chi connectivity index (χ0n) is 13.8. The molecule has 122 valence electrons. The first-order valence-corrected chi connectivity index (χ1v) is 7.53. The van der Waals surface area contributed by atoms with E-state index in [9.17, 15) is 9.59 Å². The van der Waals surface area contributed by atoms with E-state index in [1.54, 1.807) is 41.6 Å². The van der Waals surface area contributed by atoms with Crippen molar-refractivity contribution in [2.45, 2.75) is 6.92 Å². The van der Waals surface area contributed by atoms with Crippen LogP contribution in [0.15, 0.2) is 52.4 Å². The smallest absolute Gasteiger partial charge is 0.295 e. The Labute approximate surface area is 139 Å². The molecule has 1 N–H and O–H groups in total. The Hall–Kier alpha value is -3.15. The van der Waals surface area contributed by atoms with Gasteiger partial charge in [0.1, 0.15) is 0 Å². The molecule has 2 aromatic carbocycles. The molecule has 1 aromatic heterocycles. The quantitative estimate of drug-likeness (QED) is 0.591. The van der Waals surface area contributed by atoms with E-state index in [4.69, 9.17) is 0 Å². The second-order valence-electron chi connectivity index (χ2n) is 5.71. The van der Waals surface area contributed by atoms with Gasteiger partial charge >= 0.3 is 5.69 Å². The maximum absolute atomic E-state index is 12.0. The number of carbonyl (C=O) groups is 1. The van der Waals surface area contributed by atoms with Crippen LogP contribution in [-0.4, -0.2) is 21.3 Å². The van der Waals surface area contributed by atoms with E-state index in [1.165, 1.54) is 0 Å². The molecule has 0 aliphatic rings. The Morgan fingerprint density at radius 1 is 1.04 bits per heavy atom. The predicted octanol–water partition coefficient (Wildman–Crippen LogP) is 1.95. The average Bonchev–Trinajstić information content (AvgIpc) is 2.80. The van der Waals surface area contributed by atoms with E-state index in [2.05, 4.69) is 10.5 Å². The highest BCUT2D eigenvalue weighted by Crippen LogP contribution is 2.12. The monoisotopic (exact) mass is 322 g/mol. The normalized spacial score (nSPS) is 11.3. The summed E-state index contributed by atoms with van der Waals surface area (Å²) in [5, 5.41) is 3.99. The van der Waals surface area contributed by atoms with Crippen molar-refractivity contribution >= 4 is 23.2 Å². The van der Waals surface area contributed by atoms with E-state index < -0.39 is 0 Å². The topological polar surface area (TPSA) is 68.4 Å². The number of imidazole rings is 1. The number of rotatable bonds is 3. The third kappa shape index (κ3) is 2.86. The van der Waals surface area contributed by atoms with Gasteiger partial charge in [-0.2, -0.15) is 5.10 Å². The predicted molar refractivity (Wildman–Crippen MR) is 94.4 cm³/mol. The molecule has 0 saturated carbocycles. The molecule has 3 rings (SSSR count). The van der Waals surface area contributed by atoms with Gasteiger partial charge in [0.15, 0.2) is 0 Å². The van der Waals surface area contributed by atoms with Crippen molar-refractivity contribution in [3.05, 3.63) is 69.6 Å². The van der Waals surface area contributed by atoms with Crippen LogP contribution in [0.5, 0.6) is 0 Å². The van der Waals surface area contributed by atoms with Crippen LogP contribution < -0.4 is 11.1 Å². The number of hydrogen-bond donors (Lipinski definition) is 1. The van der Waals surface area contributed by atoms with Crippen molar-refractivity contribution < 1.29 is 4.79 Å². The first kappa shape index (κ1) is 15.7. The maximum atomic E-state index is 12.0. The Kier molecular flexibility index (Phi) is 4.04. The Bertz CT molecular complexity index is 994. The summed E-state index contributed by atoms with van der Waals surface area (Å²) in [6.07, 6.45) is 1.56. The van der Waals surface area contributed by atoms with Crippen molar-refractivity contribution in [1.82, 2.24) is 14.6 Å². The molecular weight excluding hydrogens is 304 g/mol. The number of hydrogen-bond acceptors (Lipinski definition) is 3. The van der Waals surface area contributed by atoms with Crippen LogP contribution in [0.4, 0.5) is 0 Å². The van der Waals surface area contributed by atoms with Gasteiger partial charge in [0.05, 0.1) is 17.2 Å². The number of carbonyl (C=O) groups excluding carboxylic acids is 1. The number of hydrazone groups is 1. The molecule has 0 atom stereocenters. The van der Waals surface area contributed by atoms with Gasteiger partial charge in [-0.3, -0.25) is 13.9 Å². The van der Waals surface area contributed by atoms with Crippen LogP contribution in [0.25, 0.3) is 11.0 Å². The largest absolute Gasteiger partial charge is 0.328 e. The molecule has 0 saturated heterocycles. The third-order valence-electron chi connectivity index (χ3n) is 3.99. The lowest BCUT2D eigenvalue weighted by Crippen LogP contribution is -2.19. The molecular formula is C18H18N4O2. The van der Waals surface area contributed by atoms with E-state index in [1.807, 2.05) is 37.3 Å². The molecule has 1 heterocycles. The third-order valence-corrected chi connectivity index (χ3v) is 3.99. The van der Waals surface area contributed by atoms with Gasteiger partial charge in [0.25, 0.3) is 5.91 Å². The molecule has 1 amide bonds. The number of aryl methyl sites for hydroxylation is 3. The van der Waals surface area contributed by atoms with Gasteiger partial charge in [0, 0.05) is 19.7 Å². The molecule has 0 bridgehead atoms. The Morgan fingerprint density at radius 3 is 2.42 bits per heavy atom. The van der Waals surface area contributed by atoms with Crippen LogP contribution in [-0.2, 0) is 14.1 Å². The molecule has 0 aliphatic heterocycles. The lowest BCUT2D eigenvalue weighted by molar-refractivity contribution is 0.0955. The van der Waals surface area contributed by atoms with Crippen LogP contribution in [0, 0.1) is 6.92 Å². The van der Waals surface area contributed by atoms with Crippen molar-refractivity contribution in [2.24, 2.45) is 19.2 Å². The minimum atomic E-state index is -0.264. The van der Waals surface area contributed by atoms with Gasteiger partial charge in [-0.15, -0.1) is 0 Å². The van der Waals surface area contributed by atoms with E-state index in [0.29, 0.717) is 5.56 Å². The molecule has 6 heteroatoms. The molecule has 0 unspecified atom stereocenters. The molecule has 0 radical (unpaired) electrons. The molecule has 24 heavy (non-hydrogen) atoms. The zero-order valence-corrected chi connectivity index (χ0v) is 13.8. The van der Waals surface area contributed by atoms with Gasteiger partial charge in [-0.25, -0.2) is 10.2 Å². The lowest BCUT2D eigenvalue weighted by Gasteiger charge is -2.01. The summed E-state index contributed by atoms with van der Waals surface area (Å²) in [6, 6.07) is 12.8. The van der Waals surface area contributed by atoms with E-state index in [-0.39, 0.29) is 11.6 Å². The van der Waals surface area contributed by atoms with Gasteiger partial charge in [-0.1, -0.05) is 23.8 Å². The highest BCUT2D eigenvalue weighted by atomic mass is 16.2. The summed E-state index contributed by atoms with van der Waals surface area (Å²) < 4.78 is 3.17. The van der Waals surface area contributed by atoms with Crippen LogP contribution in [0.2, 0.25) is 0 Å². The molecule has 3 aromatic rings. The first-order valence-electron chi connectivity index (χ1n) is 7.53. The van der Waals surface area contributed by atoms with Crippen molar-refractivity contribution in [3.63, 3.8) is 0 Å². The summed E-state index contributed by atoms with van der Waals surface area (Å²) in [5.41, 5.74) is 6.54. The van der Waals surface area contributed by atoms with Gasteiger partial charge < -0.3 is 0 Å². The summed E-state index contributed by atoms with van der Waals surface area (Å²) in [7, 11) is 3.46. The van der Waals surface area contributed by atoms with Crippen LogP contribution >= 0.6 is 0 Å². The number of amides is 1. The highest BCUT2D eigenvalue weighted by Gasteiger charge is 2.07. The molecule has 0 fully saturated rings. The number of nitrogens with one attached hydrogen (secondary N) is 1. The van der Waals surface area contributed by atoms with Crippen molar-refractivity contribution in [3.8, 4) is 0 Å². The Balaban J connectivity index is 1.78. The minimum Gasteiger partial charge on any atom is -0.295 e. The SMILES string of the molecule is Cc1ccc(C(=O)N/N=C\c2ccc3c(c2)n(C)c(=O)n3C)cc1. The second-order valence-corrected chi connectivity index (χ2v) is 5.71. The van der Waals surface area contributed by atoms with Gasteiger partial charge in [-0.05, 0) is 36.8 Å². The minimum absolute atomic E-state index is 0.0771. The maximum Gasteiger partial charge on any atom is 0.328 e. The van der Waals surface area contributed by atoms with E-state index >= 15 is 0 Å². The molecule has 6 nitrogen and oxygen atoms in total. The Morgan fingerprint density at radius 2 is 1.71 bits per heavy atom. The summed E-state index contributed by atoms with van der Waals surface area (Å²) >= 11 is 0. The highest BCUT2D eigenvalue weighted by molar-refractivity contribution is 5.95. The molecule has 0 spiro atoms. The summed E-state index contributed by atoms with van der Waals surface area (Å²) in [4.78, 5) is 23.9. The van der Waals surface area contributed by atoms with Crippen molar-refractivity contribution in [2.75, 3.05) is 0 Å². The lowest BCUT2D eigenvalue weighted by atomic mass is 10.1. The van der Waals surface area contributed by atoms with Crippen LogP contribution in [0.3, 0.4) is 0 Å². The average molecular weight is 322 g/mol. The number of benzene rings is 2. The number of nitrogens with zero attached hydrogens (tertiary/aromatic N) is 3. The van der Waals surface area contributed by atoms with Crippen LogP contribution in [0.1, 0.15) is 21.5 Å². The number of aromatic nitrogens is 2. The number of fused-ring (bicyclic) bond motifs is 1. The summed E-state index contributed by atoms with van der Waals surface area (Å²) in [6.45, 7) is 1.97. The van der Waals surface area contributed by atoms with Gasteiger partial charge in [0.2, 0.25) is 0 Å². The van der Waals surface area contributed by atoms with Crippen molar-refractivity contribution in [1.29, 1.82) is 0 Å². The van der Waals surface area contributed by atoms with E-state index in [0.717, 1.165) is 22.2 Å².